The molecule has 0 saturated heterocycles. The Labute approximate surface area is 41.2 Å². The van der Waals surface area contributed by atoms with Crippen molar-refractivity contribution in [2.45, 2.75) is 6.92 Å². The molecule has 0 aromatic heterocycles. The van der Waals surface area contributed by atoms with Crippen LogP contribution in [0.5, 0.6) is 0 Å². The highest BCUT2D eigenvalue weighted by Gasteiger charge is 1.89. The lowest BCUT2D eigenvalue weighted by Crippen LogP contribution is -1.64. The molecule has 0 rings (SSSR count). The zero-order valence-corrected chi connectivity index (χ0v) is 4.04. The predicted molar refractivity (Wildman–Crippen MR) is 25.1 cm³/mol. The van der Waals surface area contributed by atoms with Gasteiger partial charge in [0, 0.05) is 0 Å². The Morgan fingerprint density at radius 3 is 2.00 bits per heavy atom. The van der Waals surface area contributed by atoms with E-state index in [0.29, 0.717) is 0 Å². The lowest BCUT2D eigenvalue weighted by molar-refractivity contribution is 0.556. The quantitative estimate of drug-likeness (QED) is 0.448. The van der Waals surface area contributed by atoms with Crippen molar-refractivity contribution in [2.75, 3.05) is 0 Å². The van der Waals surface area contributed by atoms with Crippen molar-refractivity contribution in [3.8, 4) is 0 Å². The number of halogens is 2. The van der Waals surface area contributed by atoms with Crippen molar-refractivity contribution in [3.05, 3.63) is 24.3 Å². The first kappa shape index (κ1) is 6.34. The topological polar surface area (TPSA) is 0 Å². The molecule has 0 radical (unpaired) electrons. The molecule has 0 aliphatic carbocycles. The first-order valence-corrected chi connectivity index (χ1v) is 1.82. The maximum atomic E-state index is 11.6. The van der Waals surface area contributed by atoms with E-state index >= 15 is 0 Å². The summed E-state index contributed by atoms with van der Waals surface area (Å²) in [7, 11) is 0. The molecule has 7 heavy (non-hydrogen) atoms. The van der Waals surface area contributed by atoms with E-state index in [9.17, 15) is 8.78 Å². The van der Waals surface area contributed by atoms with E-state index in [1.54, 1.807) is 0 Å². The van der Waals surface area contributed by atoms with E-state index in [0.717, 1.165) is 13.0 Å². The smallest absolute Gasteiger partial charge is 0.153 e. The van der Waals surface area contributed by atoms with E-state index in [1.165, 1.54) is 0 Å². The molecule has 40 valence electrons. The molecule has 0 fully saturated rings. The van der Waals surface area contributed by atoms with Crippen LogP contribution in [0.3, 0.4) is 0 Å². The first-order chi connectivity index (χ1) is 3.18. The van der Waals surface area contributed by atoms with Gasteiger partial charge in [-0.1, -0.05) is 6.58 Å². The van der Waals surface area contributed by atoms with Crippen molar-refractivity contribution in [3.63, 3.8) is 0 Å². The molecule has 0 unspecified atom stereocenters. The van der Waals surface area contributed by atoms with Crippen LogP contribution >= 0.6 is 0 Å². The summed E-state index contributed by atoms with van der Waals surface area (Å²) in [6.07, 6.45) is 0.829. The average Bonchev–Trinajstić information content (AvgIpc) is 1.65. The fraction of sp³-hybridized carbons (Fsp3) is 0.200. The van der Waals surface area contributed by atoms with Crippen LogP contribution in [0.2, 0.25) is 0 Å². The largest absolute Gasteiger partial charge is 0.209 e. The molecular formula is C5H6F2. The summed E-state index contributed by atoms with van der Waals surface area (Å²) < 4.78 is 23.2. The summed E-state index contributed by atoms with van der Waals surface area (Å²) in [5.41, 5.74) is 0. The van der Waals surface area contributed by atoms with Crippen molar-refractivity contribution in [1.29, 1.82) is 0 Å². The Bertz CT molecular complexity index is 98.6. The van der Waals surface area contributed by atoms with Crippen LogP contribution < -0.4 is 0 Å². The van der Waals surface area contributed by atoms with Gasteiger partial charge in [-0.3, -0.25) is 0 Å². The third-order valence-corrected chi connectivity index (χ3v) is 0.508. The van der Waals surface area contributed by atoms with Crippen LogP contribution in [-0.2, 0) is 0 Å². The average molecular weight is 104 g/mol. The van der Waals surface area contributed by atoms with Gasteiger partial charge in [0.25, 0.3) is 0 Å². The van der Waals surface area contributed by atoms with Gasteiger partial charge in [0.15, 0.2) is 5.83 Å². The van der Waals surface area contributed by atoms with Crippen LogP contribution in [0.1, 0.15) is 6.92 Å². The molecule has 0 spiro atoms. The second kappa shape index (κ2) is 2.50. The maximum absolute atomic E-state index is 11.6. The Kier molecular flexibility index (Phi) is 2.27. The fourth-order valence-electron chi connectivity index (χ4n) is 0.141. The molecular weight excluding hydrogens is 98.1 g/mol. The Morgan fingerprint density at radius 1 is 1.57 bits per heavy atom. The number of allylic oxidation sites excluding steroid dienone is 3. The Balaban J connectivity index is 3.98. The highest BCUT2D eigenvalue weighted by atomic mass is 19.2. The van der Waals surface area contributed by atoms with E-state index in [-0.39, 0.29) is 0 Å². The lowest BCUT2D eigenvalue weighted by atomic mass is 10.5. The van der Waals surface area contributed by atoms with E-state index in [2.05, 4.69) is 6.58 Å². The highest BCUT2D eigenvalue weighted by Crippen LogP contribution is 2.05. The van der Waals surface area contributed by atoms with E-state index < -0.39 is 11.7 Å². The standard InChI is InChI=1S/C5H6F2/c1-3-5(7)4(2)6/h3H,1H2,2H3/b5-4-. The third-order valence-electron chi connectivity index (χ3n) is 0.508. The van der Waals surface area contributed by atoms with Gasteiger partial charge in [0.1, 0.15) is 5.83 Å². The molecule has 0 amide bonds. The summed E-state index contributed by atoms with van der Waals surface area (Å²) in [6.45, 7) is 4.05. The van der Waals surface area contributed by atoms with Crippen molar-refractivity contribution in [1.82, 2.24) is 0 Å². The SMILES string of the molecule is C=C/C(F)=C(\C)F. The minimum Gasteiger partial charge on any atom is -0.209 e. The summed E-state index contributed by atoms with van der Waals surface area (Å²) in [4.78, 5) is 0. The summed E-state index contributed by atoms with van der Waals surface area (Å²) in [5, 5.41) is 0. The number of hydrogen-bond donors (Lipinski definition) is 0. The highest BCUT2D eigenvalue weighted by molar-refractivity contribution is 5.09. The normalized spacial score (nSPS) is 13.0. The van der Waals surface area contributed by atoms with E-state index in [4.69, 9.17) is 0 Å². The van der Waals surface area contributed by atoms with E-state index in [1.807, 2.05) is 0 Å². The minimum absolute atomic E-state index is 0.824. The van der Waals surface area contributed by atoms with Crippen LogP contribution in [0.4, 0.5) is 8.78 Å². The van der Waals surface area contributed by atoms with Gasteiger partial charge < -0.3 is 0 Å². The van der Waals surface area contributed by atoms with Gasteiger partial charge in [0.2, 0.25) is 0 Å². The molecule has 0 aliphatic heterocycles. The monoisotopic (exact) mass is 104 g/mol. The maximum Gasteiger partial charge on any atom is 0.153 e. The first-order valence-electron chi connectivity index (χ1n) is 1.82. The van der Waals surface area contributed by atoms with Crippen LogP contribution in [0.25, 0.3) is 0 Å². The van der Waals surface area contributed by atoms with Gasteiger partial charge in [0.05, 0.1) is 0 Å². The van der Waals surface area contributed by atoms with Gasteiger partial charge in [-0.2, -0.15) is 0 Å². The molecule has 0 atom stereocenters. The van der Waals surface area contributed by atoms with Gasteiger partial charge in [-0.05, 0) is 13.0 Å². The zero-order valence-electron chi connectivity index (χ0n) is 4.04. The molecule has 0 N–H and O–H groups in total. The molecule has 0 bridgehead atoms. The van der Waals surface area contributed by atoms with Crippen LogP contribution in [-0.4, -0.2) is 0 Å². The second-order valence-corrected chi connectivity index (χ2v) is 1.09. The molecule has 0 heterocycles. The fourth-order valence-corrected chi connectivity index (χ4v) is 0.141. The Morgan fingerprint density at radius 2 is 2.00 bits per heavy atom. The molecule has 0 nitrogen and oxygen atoms in total. The van der Waals surface area contributed by atoms with Gasteiger partial charge in [-0.25, -0.2) is 8.78 Å². The molecule has 0 aromatic carbocycles. The van der Waals surface area contributed by atoms with Gasteiger partial charge in [-0.15, -0.1) is 0 Å². The lowest BCUT2D eigenvalue weighted by Gasteiger charge is -1.81. The predicted octanol–water partition coefficient (Wildman–Crippen LogP) is 2.34. The van der Waals surface area contributed by atoms with Crippen molar-refractivity contribution in [2.24, 2.45) is 0 Å². The molecule has 0 saturated carbocycles. The molecule has 0 aliphatic rings. The third kappa shape index (κ3) is 2.09. The summed E-state index contributed by atoms with van der Waals surface area (Å²) in [6, 6.07) is 0. The van der Waals surface area contributed by atoms with Gasteiger partial charge >= 0.3 is 0 Å². The molecule has 0 aromatic rings. The van der Waals surface area contributed by atoms with Crippen molar-refractivity contribution < 1.29 is 8.78 Å². The van der Waals surface area contributed by atoms with Crippen LogP contribution in [0.15, 0.2) is 24.3 Å². The summed E-state index contributed by atoms with van der Waals surface area (Å²) >= 11 is 0. The van der Waals surface area contributed by atoms with Crippen LogP contribution in [0, 0.1) is 0 Å². The van der Waals surface area contributed by atoms with Crippen molar-refractivity contribution >= 4 is 0 Å². The summed E-state index contributed by atoms with van der Waals surface area (Å²) in [5.74, 6) is -1.71. The second-order valence-electron chi connectivity index (χ2n) is 1.09. The minimum atomic E-state index is -0.889. The number of hydrogen-bond acceptors (Lipinski definition) is 0. The number of rotatable bonds is 1. The molecule has 2 heteroatoms. The Hall–Kier alpha value is -0.660. The zero-order chi connectivity index (χ0) is 5.86.